The topological polar surface area (TPSA) is 116 Å². The van der Waals surface area contributed by atoms with E-state index in [0.29, 0.717) is 5.01 Å². The molecule has 9 nitrogen and oxygen atoms in total. The van der Waals surface area contributed by atoms with Gasteiger partial charge in [0, 0.05) is 11.8 Å². The van der Waals surface area contributed by atoms with Crippen LogP contribution in [0.4, 0.5) is 4.79 Å². The average molecular weight is 486 g/mol. The molecule has 0 bridgehead atoms. The lowest BCUT2D eigenvalue weighted by Gasteiger charge is -2.31. The first kappa shape index (κ1) is 26.0. The number of thiazole rings is 1. The molecule has 2 N–H and O–H groups in total. The lowest BCUT2D eigenvalue weighted by molar-refractivity contribution is -0.157. The predicted molar refractivity (Wildman–Crippen MR) is 124 cm³/mol. The number of methoxy groups -OCH3 is 1. The zero-order valence-corrected chi connectivity index (χ0v) is 21.3. The summed E-state index contributed by atoms with van der Waals surface area (Å²) in [5, 5.41) is 10.1. The minimum atomic E-state index is -0.941. The number of alkyl carbamates (subject to hydrolysis) is 1. The first-order chi connectivity index (χ1) is 14.6. The second-order valence-electron chi connectivity index (χ2n) is 9.47. The van der Waals surface area contributed by atoms with Gasteiger partial charge in [0.05, 0.1) is 17.7 Å². The maximum atomic E-state index is 12.8. The zero-order valence-electron chi connectivity index (χ0n) is 19.7. The number of rotatable bonds is 6. The molecule has 0 saturated carbocycles. The van der Waals surface area contributed by atoms with E-state index in [1.165, 1.54) is 30.2 Å². The van der Waals surface area contributed by atoms with Crippen molar-refractivity contribution < 1.29 is 28.6 Å². The summed E-state index contributed by atoms with van der Waals surface area (Å²) in [6.07, 6.45) is -0.475. The number of esters is 2. The van der Waals surface area contributed by atoms with E-state index in [-0.39, 0.29) is 12.1 Å². The molecule has 1 aromatic rings. The smallest absolute Gasteiger partial charge is 0.408 e. The van der Waals surface area contributed by atoms with Crippen molar-refractivity contribution in [3.8, 4) is 0 Å². The molecule has 2 rings (SSSR count). The molecule has 0 spiro atoms. The van der Waals surface area contributed by atoms with E-state index < -0.39 is 40.1 Å². The van der Waals surface area contributed by atoms with Gasteiger partial charge in [-0.3, -0.25) is 0 Å². The molecule has 1 amide bonds. The molecule has 178 valence electrons. The summed E-state index contributed by atoms with van der Waals surface area (Å²) in [6, 6.07) is -0.941. The molecule has 2 heterocycles. The fourth-order valence-corrected chi connectivity index (χ4v) is 4.55. The zero-order chi connectivity index (χ0) is 24.3. The molecule has 0 radical (unpaired) electrons. The molecular formula is C21H31N3O6S2. The van der Waals surface area contributed by atoms with Crippen molar-refractivity contribution in [1.29, 1.82) is 0 Å². The van der Waals surface area contributed by atoms with Crippen molar-refractivity contribution in [3.05, 3.63) is 21.5 Å². The van der Waals surface area contributed by atoms with Crippen LogP contribution in [0.3, 0.4) is 0 Å². The van der Waals surface area contributed by atoms with Crippen molar-refractivity contribution in [1.82, 2.24) is 15.6 Å². The van der Waals surface area contributed by atoms with E-state index in [9.17, 15) is 14.4 Å². The molecule has 1 unspecified atom stereocenters. The van der Waals surface area contributed by atoms with Crippen molar-refractivity contribution in [2.45, 2.75) is 77.0 Å². The summed E-state index contributed by atoms with van der Waals surface area (Å²) in [6.45, 7) is 12.4. The number of nitrogens with one attached hydrogen (secondary N) is 2. The van der Waals surface area contributed by atoms with Crippen molar-refractivity contribution >= 4 is 46.8 Å². The highest BCUT2D eigenvalue weighted by molar-refractivity contribution is 8.03. The van der Waals surface area contributed by atoms with Gasteiger partial charge in [-0.05, 0) is 53.9 Å². The monoisotopic (exact) mass is 485 g/mol. The van der Waals surface area contributed by atoms with E-state index in [4.69, 9.17) is 14.2 Å². The lowest BCUT2D eigenvalue weighted by atomic mass is 10.1. The van der Waals surface area contributed by atoms with Crippen LogP contribution >= 0.6 is 23.1 Å². The number of aromatic nitrogens is 1. The Morgan fingerprint density at radius 1 is 1.16 bits per heavy atom. The van der Waals surface area contributed by atoms with E-state index in [1.807, 2.05) is 12.3 Å². The van der Waals surface area contributed by atoms with Gasteiger partial charge in [0.15, 0.2) is 5.69 Å². The first-order valence-electron chi connectivity index (χ1n) is 10.0. The van der Waals surface area contributed by atoms with Gasteiger partial charge in [-0.1, -0.05) is 0 Å². The van der Waals surface area contributed by atoms with Crippen LogP contribution in [0.2, 0.25) is 0 Å². The summed E-state index contributed by atoms with van der Waals surface area (Å²) in [5.74, 6) is -1.06. The van der Waals surface area contributed by atoms with Gasteiger partial charge in [-0.15, -0.1) is 23.1 Å². The van der Waals surface area contributed by atoms with E-state index in [2.05, 4.69) is 15.6 Å². The molecule has 0 aliphatic carbocycles. The highest BCUT2D eigenvalue weighted by Crippen LogP contribution is 2.39. The number of hydrogen-bond acceptors (Lipinski definition) is 10. The van der Waals surface area contributed by atoms with Gasteiger partial charge >= 0.3 is 18.0 Å². The van der Waals surface area contributed by atoms with Gasteiger partial charge in [-0.2, -0.15) is 0 Å². The molecule has 1 aliphatic heterocycles. The number of amides is 1. The maximum absolute atomic E-state index is 12.8. The third kappa shape index (κ3) is 7.70. The highest BCUT2D eigenvalue weighted by atomic mass is 32.2. The number of carbonyl (C=O) groups is 3. The third-order valence-electron chi connectivity index (χ3n) is 3.94. The molecule has 1 aromatic heterocycles. The Morgan fingerprint density at radius 2 is 1.78 bits per heavy atom. The Kier molecular flexibility index (Phi) is 7.87. The number of thioether (sulfide) groups is 1. The molecule has 32 heavy (non-hydrogen) atoms. The molecule has 2 atom stereocenters. The normalized spacial score (nSPS) is 19.4. The van der Waals surface area contributed by atoms with Gasteiger partial charge in [-0.25, -0.2) is 19.4 Å². The Morgan fingerprint density at radius 3 is 2.34 bits per heavy atom. The Labute approximate surface area is 196 Å². The summed E-state index contributed by atoms with van der Waals surface area (Å²) >= 11 is 2.76. The second-order valence-corrected chi connectivity index (χ2v) is 11.7. The maximum Gasteiger partial charge on any atom is 0.408 e. The van der Waals surface area contributed by atoms with E-state index in [1.54, 1.807) is 46.9 Å². The Balaban J connectivity index is 2.14. The van der Waals surface area contributed by atoms with Crippen molar-refractivity contribution in [2.75, 3.05) is 7.11 Å². The summed E-state index contributed by atoms with van der Waals surface area (Å²) in [5.41, 5.74) is -0.467. The number of ether oxygens (including phenoxy) is 3. The van der Waals surface area contributed by atoms with Crippen LogP contribution in [-0.4, -0.2) is 52.2 Å². The van der Waals surface area contributed by atoms with Crippen molar-refractivity contribution in [2.24, 2.45) is 0 Å². The number of hydrogen-bond donors (Lipinski definition) is 2. The molecule has 11 heteroatoms. The lowest BCUT2D eigenvalue weighted by Crippen LogP contribution is -2.51. The van der Waals surface area contributed by atoms with Crippen LogP contribution in [0.25, 0.3) is 5.70 Å². The van der Waals surface area contributed by atoms with Gasteiger partial charge < -0.3 is 24.8 Å². The third-order valence-corrected chi connectivity index (χ3v) is 5.96. The van der Waals surface area contributed by atoms with Crippen LogP contribution in [0.15, 0.2) is 10.8 Å². The van der Waals surface area contributed by atoms with Crippen molar-refractivity contribution in [3.63, 3.8) is 0 Å². The number of carbonyl (C=O) groups excluding carboxylic acids is 3. The van der Waals surface area contributed by atoms with E-state index in [0.717, 1.165) is 5.70 Å². The summed E-state index contributed by atoms with van der Waals surface area (Å²) in [7, 11) is 1.30. The fourth-order valence-electron chi connectivity index (χ4n) is 2.74. The van der Waals surface area contributed by atoms with Crippen LogP contribution < -0.4 is 10.6 Å². The van der Waals surface area contributed by atoms with Crippen LogP contribution in [0.1, 0.15) is 70.4 Å². The van der Waals surface area contributed by atoms with Crippen LogP contribution in [-0.2, 0) is 19.0 Å². The second kappa shape index (κ2) is 9.70. The van der Waals surface area contributed by atoms with Crippen LogP contribution in [0.5, 0.6) is 0 Å². The Hall–Kier alpha value is -2.27. The minimum absolute atomic E-state index is 0.223. The standard InChI is InChI=1S/C21H31N3O6S2/c1-19(2,3)29-17(26)12(23-18(27)30-20(4,5)6)9-21(7)24-13(11-32-21)15-22-14(10-31-15)16(25)28-8/h10-12,24H,9H2,1-8H3,(H,23,27)/t12-,21?/m0/s1. The van der Waals surface area contributed by atoms with Gasteiger partial charge in [0.25, 0.3) is 0 Å². The predicted octanol–water partition coefficient (Wildman–Crippen LogP) is 3.91. The molecule has 0 fully saturated rings. The van der Waals surface area contributed by atoms with Crippen LogP contribution in [0, 0.1) is 0 Å². The largest absolute Gasteiger partial charge is 0.464 e. The molecule has 0 aromatic carbocycles. The number of nitrogens with zero attached hydrogens (tertiary/aromatic N) is 1. The highest BCUT2D eigenvalue weighted by Gasteiger charge is 2.39. The minimum Gasteiger partial charge on any atom is -0.464 e. The van der Waals surface area contributed by atoms with E-state index >= 15 is 0 Å². The molecule has 1 aliphatic rings. The molecule has 0 saturated heterocycles. The summed E-state index contributed by atoms with van der Waals surface area (Å²) < 4.78 is 15.5. The first-order valence-corrected chi connectivity index (χ1v) is 11.8. The van der Waals surface area contributed by atoms with Gasteiger partial charge in [0.2, 0.25) is 0 Å². The quantitative estimate of drug-likeness (QED) is 0.457. The Bertz CT molecular complexity index is 900. The molecular weight excluding hydrogens is 454 g/mol. The SMILES string of the molecule is COC(=O)c1csc(C2=CSC(C)(C[C@H](NC(=O)OC(C)(C)C)C(=O)OC(C)(C)C)N2)n1. The van der Waals surface area contributed by atoms with Gasteiger partial charge in [0.1, 0.15) is 22.3 Å². The summed E-state index contributed by atoms with van der Waals surface area (Å²) in [4.78, 5) is 40.6. The average Bonchev–Trinajstić information content (AvgIpc) is 3.24. The fraction of sp³-hybridized carbons (Fsp3) is 0.619.